The molecule has 0 rings (SSSR count). The molecular weight excluding hydrogens is 136 g/mol. The first kappa shape index (κ1) is 8.81. The normalized spacial score (nSPS) is 8.22. The van der Waals surface area contributed by atoms with Crippen molar-refractivity contribution in [1.82, 2.24) is 0 Å². The van der Waals surface area contributed by atoms with Crippen molar-refractivity contribution in [2.45, 2.75) is 25.7 Å². The Kier molecular flexibility index (Phi) is 7.65. The van der Waals surface area contributed by atoms with Gasteiger partial charge in [-0.15, -0.1) is 0 Å². The third kappa shape index (κ3) is 7.81. The third-order valence-electron chi connectivity index (χ3n) is 1.03. The predicted molar refractivity (Wildman–Crippen MR) is 39.2 cm³/mol. The lowest BCUT2D eigenvalue weighted by Crippen LogP contribution is -1.81. The highest BCUT2D eigenvalue weighted by Crippen LogP contribution is 1.96. The second kappa shape index (κ2) is 7.81. The molecule has 0 aliphatic heterocycles. The average molecular weight is 147 g/mol. The van der Waals surface area contributed by atoms with E-state index in [0.717, 1.165) is 25.7 Å². The molecule has 0 aromatic heterocycles. The van der Waals surface area contributed by atoms with Crippen LogP contribution in [0.5, 0.6) is 0 Å². The maximum absolute atomic E-state index is 8.36. The van der Waals surface area contributed by atoms with Gasteiger partial charge in [0.25, 0.3) is 0 Å². The van der Waals surface area contributed by atoms with Gasteiger partial charge in [-0.3, -0.25) is 0 Å². The number of unbranched alkanes of at least 4 members (excludes halogenated alkanes) is 3. The van der Waals surface area contributed by atoms with Gasteiger partial charge in [0.15, 0.2) is 0 Å². The molecule has 9 heavy (non-hydrogen) atoms. The number of aliphatic hydroxyl groups is 1. The Morgan fingerprint density at radius 3 is 2.56 bits per heavy atom. The maximum Gasteiger partial charge on any atom is 0.0431 e. The molecule has 52 valence electrons. The summed E-state index contributed by atoms with van der Waals surface area (Å²) in [5, 5.41) is 10.7. The van der Waals surface area contributed by atoms with Gasteiger partial charge in [0, 0.05) is 18.4 Å². The number of rotatable bonds is 4. The van der Waals surface area contributed by atoms with Crippen LogP contribution in [0.25, 0.3) is 0 Å². The molecule has 0 fully saturated rings. The van der Waals surface area contributed by atoms with Crippen molar-refractivity contribution >= 4 is 11.6 Å². The lowest BCUT2D eigenvalue weighted by Gasteiger charge is -1.90. The van der Waals surface area contributed by atoms with Crippen molar-refractivity contribution in [1.29, 1.82) is 0 Å². The summed E-state index contributed by atoms with van der Waals surface area (Å²) in [7, 11) is 0. The Balaban J connectivity index is 2.80. The van der Waals surface area contributed by atoms with E-state index >= 15 is 0 Å². The Morgan fingerprint density at radius 1 is 1.22 bits per heavy atom. The zero-order valence-corrected chi connectivity index (χ0v) is 6.12. The second-order valence-electron chi connectivity index (χ2n) is 1.81. The molecule has 0 saturated carbocycles. The number of halogens is 1. The number of hydrogen-bond donors (Lipinski definition) is 1. The molecule has 0 amide bonds. The summed E-state index contributed by atoms with van der Waals surface area (Å²) in [6.45, 7) is 0.286. The van der Waals surface area contributed by atoms with Gasteiger partial charge in [-0.2, -0.15) is 0 Å². The predicted octanol–water partition coefficient (Wildman–Crippen LogP) is 1.74. The summed E-state index contributed by atoms with van der Waals surface area (Å²) in [6.07, 6.45) is 3.82. The van der Waals surface area contributed by atoms with Crippen molar-refractivity contribution in [3.63, 3.8) is 0 Å². The first-order valence-electron chi connectivity index (χ1n) is 3.11. The van der Waals surface area contributed by atoms with Crippen LogP contribution >= 0.6 is 11.6 Å². The molecule has 0 aliphatic carbocycles. The number of aliphatic hydroxyl groups excluding tert-OH is 1. The third-order valence-corrected chi connectivity index (χ3v) is 1.16. The minimum Gasteiger partial charge on any atom is -0.396 e. The minimum absolute atomic E-state index is 0.286. The molecule has 0 aromatic rings. The van der Waals surface area contributed by atoms with E-state index in [1.165, 1.54) is 0 Å². The summed E-state index contributed by atoms with van der Waals surface area (Å²) in [5.74, 6) is 2.74. The van der Waals surface area contributed by atoms with E-state index < -0.39 is 0 Å². The Bertz CT molecular complexity index is 101. The standard InChI is InChI=1S/C7H11ClO/c8-6-4-2-1-3-5-7-9/h9H,1-3,5,7H2. The quantitative estimate of drug-likeness (QED) is 0.473. The van der Waals surface area contributed by atoms with Crippen molar-refractivity contribution in [2.24, 2.45) is 0 Å². The van der Waals surface area contributed by atoms with E-state index in [1.807, 2.05) is 0 Å². The largest absolute Gasteiger partial charge is 0.396 e. The molecule has 1 nitrogen and oxygen atoms in total. The molecule has 0 bridgehead atoms. The molecule has 0 spiro atoms. The van der Waals surface area contributed by atoms with Crippen LogP contribution in [0.4, 0.5) is 0 Å². The molecular formula is C7H11ClO. The van der Waals surface area contributed by atoms with Crippen LogP contribution in [-0.4, -0.2) is 11.7 Å². The first-order chi connectivity index (χ1) is 4.41. The van der Waals surface area contributed by atoms with Gasteiger partial charge >= 0.3 is 0 Å². The Hall–Kier alpha value is -0.190. The van der Waals surface area contributed by atoms with Gasteiger partial charge in [0.05, 0.1) is 0 Å². The van der Waals surface area contributed by atoms with Crippen molar-refractivity contribution in [3.8, 4) is 11.3 Å². The van der Waals surface area contributed by atoms with Crippen LogP contribution in [0.3, 0.4) is 0 Å². The molecule has 0 heterocycles. The van der Waals surface area contributed by atoms with E-state index in [1.54, 1.807) is 0 Å². The van der Waals surface area contributed by atoms with Gasteiger partial charge < -0.3 is 5.11 Å². The fraction of sp³-hybridized carbons (Fsp3) is 0.714. The van der Waals surface area contributed by atoms with Crippen molar-refractivity contribution < 1.29 is 5.11 Å². The van der Waals surface area contributed by atoms with E-state index in [2.05, 4.69) is 11.3 Å². The minimum atomic E-state index is 0.286. The average Bonchev–Trinajstić information content (AvgIpc) is 1.89. The SMILES string of the molecule is OCCCCCC#CCl. The summed E-state index contributed by atoms with van der Waals surface area (Å²) < 4.78 is 0. The monoisotopic (exact) mass is 146 g/mol. The zero-order valence-electron chi connectivity index (χ0n) is 5.36. The maximum atomic E-state index is 8.36. The van der Waals surface area contributed by atoms with Crippen LogP contribution in [-0.2, 0) is 0 Å². The lowest BCUT2D eigenvalue weighted by molar-refractivity contribution is 0.283. The highest BCUT2D eigenvalue weighted by Gasteiger charge is 1.83. The molecule has 0 unspecified atom stereocenters. The van der Waals surface area contributed by atoms with E-state index in [0.29, 0.717) is 0 Å². The highest BCUT2D eigenvalue weighted by atomic mass is 35.5. The fourth-order valence-corrected chi connectivity index (χ4v) is 0.644. The zero-order chi connectivity index (χ0) is 6.95. The lowest BCUT2D eigenvalue weighted by atomic mass is 10.2. The van der Waals surface area contributed by atoms with Gasteiger partial charge in [-0.05, 0) is 24.4 Å². The Morgan fingerprint density at radius 2 is 2.00 bits per heavy atom. The summed E-state index contributed by atoms with van der Waals surface area (Å²) in [5.41, 5.74) is 0. The molecule has 0 aromatic carbocycles. The Labute approximate surface area is 61.0 Å². The van der Waals surface area contributed by atoms with Crippen molar-refractivity contribution in [2.75, 3.05) is 6.61 Å². The van der Waals surface area contributed by atoms with E-state index in [-0.39, 0.29) is 6.61 Å². The first-order valence-corrected chi connectivity index (χ1v) is 3.49. The summed E-state index contributed by atoms with van der Waals surface area (Å²) in [6, 6.07) is 0. The van der Waals surface area contributed by atoms with Crippen LogP contribution in [0.1, 0.15) is 25.7 Å². The molecule has 2 heteroatoms. The molecule has 0 saturated heterocycles. The van der Waals surface area contributed by atoms with E-state index in [4.69, 9.17) is 16.7 Å². The van der Waals surface area contributed by atoms with Gasteiger partial charge in [0.1, 0.15) is 0 Å². The second-order valence-corrected chi connectivity index (χ2v) is 1.99. The van der Waals surface area contributed by atoms with Crippen LogP contribution < -0.4 is 0 Å². The van der Waals surface area contributed by atoms with Gasteiger partial charge in [0.2, 0.25) is 0 Å². The summed E-state index contributed by atoms with van der Waals surface area (Å²) >= 11 is 5.10. The van der Waals surface area contributed by atoms with E-state index in [9.17, 15) is 0 Å². The molecule has 1 N–H and O–H groups in total. The van der Waals surface area contributed by atoms with Crippen LogP contribution in [0.15, 0.2) is 0 Å². The molecule has 0 radical (unpaired) electrons. The smallest absolute Gasteiger partial charge is 0.0431 e. The van der Waals surface area contributed by atoms with Gasteiger partial charge in [-0.1, -0.05) is 12.3 Å². The van der Waals surface area contributed by atoms with Crippen LogP contribution in [0, 0.1) is 11.3 Å². The van der Waals surface area contributed by atoms with Crippen LogP contribution in [0.2, 0.25) is 0 Å². The topological polar surface area (TPSA) is 20.2 Å². The highest BCUT2D eigenvalue weighted by molar-refractivity contribution is 6.30. The molecule has 0 atom stereocenters. The fourth-order valence-electron chi connectivity index (χ4n) is 0.549. The number of hydrogen-bond acceptors (Lipinski definition) is 1. The molecule has 0 aliphatic rings. The van der Waals surface area contributed by atoms with Crippen molar-refractivity contribution in [3.05, 3.63) is 0 Å². The van der Waals surface area contributed by atoms with Gasteiger partial charge in [-0.25, -0.2) is 0 Å². The summed E-state index contributed by atoms with van der Waals surface area (Å²) in [4.78, 5) is 0.